The van der Waals surface area contributed by atoms with Gasteiger partial charge in [-0.15, -0.1) is 0 Å². The molecule has 6 aliphatic carbocycles. The molecule has 0 aromatic heterocycles. The van der Waals surface area contributed by atoms with Gasteiger partial charge in [-0.05, 0) is 196 Å². The van der Waals surface area contributed by atoms with E-state index in [9.17, 15) is 0 Å². The Morgan fingerprint density at radius 2 is 0.766 bits per heavy atom. The van der Waals surface area contributed by atoms with Crippen molar-refractivity contribution in [3.05, 3.63) is 110 Å². The molecule has 5 aromatic rings. The smallest absolute Gasteiger partial charge is 0.261 e. The van der Waals surface area contributed by atoms with Crippen LogP contribution < -0.4 is 30.9 Å². The van der Waals surface area contributed by atoms with E-state index in [2.05, 4.69) is 147 Å². The summed E-state index contributed by atoms with van der Waals surface area (Å²) in [4.78, 5) is 5.61. The lowest BCUT2D eigenvalue weighted by atomic mass is 9.31. The van der Waals surface area contributed by atoms with Gasteiger partial charge in [0.25, 0.3) is 6.71 Å². The lowest BCUT2D eigenvalue weighted by Gasteiger charge is -2.51. The first-order chi connectivity index (χ1) is 30.7. The first kappa shape index (κ1) is 41.0. The van der Waals surface area contributed by atoms with Gasteiger partial charge >= 0.3 is 0 Å². The van der Waals surface area contributed by atoms with E-state index in [0.29, 0.717) is 59.2 Å². The molecule has 0 N–H and O–H groups in total. The number of nitrogens with zero attached hydrogens (tertiary/aromatic N) is 2. The molecule has 0 saturated heterocycles. The largest absolute Gasteiger partial charge is 0.458 e. The Morgan fingerprint density at radius 1 is 0.422 bits per heavy atom. The molecule has 0 spiro atoms. The van der Waals surface area contributed by atoms with Crippen molar-refractivity contribution in [3.63, 3.8) is 0 Å². The highest BCUT2D eigenvalue weighted by molar-refractivity contribution is 7.01. The van der Waals surface area contributed by atoms with Gasteiger partial charge < -0.3 is 14.5 Å². The molecule has 0 unspecified atom stereocenters. The van der Waals surface area contributed by atoms with Gasteiger partial charge in [-0.25, -0.2) is 0 Å². The average Bonchev–Trinajstić information content (AvgIpc) is 3.28. The minimum Gasteiger partial charge on any atom is -0.458 e. The van der Waals surface area contributed by atoms with Crippen LogP contribution in [0.4, 0.5) is 34.1 Å². The fourth-order valence-corrected chi connectivity index (χ4v) is 14.3. The summed E-state index contributed by atoms with van der Waals surface area (Å²) in [7, 11) is 0. The lowest BCUT2D eigenvalue weighted by molar-refractivity contribution is 0.335. The predicted molar refractivity (Wildman–Crippen MR) is 273 cm³/mol. The molecule has 2 fully saturated rings. The van der Waals surface area contributed by atoms with Crippen LogP contribution in [0, 0.1) is 0 Å². The van der Waals surface area contributed by atoms with E-state index in [-0.39, 0.29) is 6.71 Å². The highest BCUT2D eigenvalue weighted by atomic mass is 16.5. The number of hydrogen-bond acceptors (Lipinski definition) is 3. The molecule has 9 aliphatic rings. The molecule has 64 heavy (non-hydrogen) atoms. The molecule has 3 nitrogen and oxygen atoms in total. The predicted octanol–water partition coefficient (Wildman–Crippen LogP) is 16.1. The highest BCUT2D eigenvalue weighted by Gasteiger charge is 2.54. The molecule has 330 valence electrons. The van der Waals surface area contributed by atoms with Gasteiger partial charge in [-0.3, -0.25) is 0 Å². The van der Waals surface area contributed by atoms with Crippen molar-refractivity contribution in [3.8, 4) is 11.5 Å². The van der Waals surface area contributed by atoms with Crippen molar-refractivity contribution in [1.82, 2.24) is 0 Å². The summed E-state index contributed by atoms with van der Waals surface area (Å²) < 4.78 is 8.08. The Balaban J connectivity index is 1.25. The maximum absolute atomic E-state index is 8.08. The van der Waals surface area contributed by atoms with E-state index in [4.69, 9.17) is 4.74 Å². The third-order valence-corrected chi connectivity index (χ3v) is 17.6. The number of rotatable bonds is 8. The number of ether oxygens (including phenoxy) is 1. The standard InChI is InChI=1S/C60H71BN2O/c1-30(2)40-24-42(32(5)6)57(43(25-40)33(7)8)62-48-14-13-15-49-54(48)61-55-50(62)28-46-36-16-20-38(21-17-36)52(46)59(55)64-60-53-39-22-18-37(19-23-39)47(53)29-51(56(60)61)63(49)58-44(34(9)10)26-41(31(3)4)27-45(58)35(11)12/h13-15,24-39H,16-23H2,1-12H3. The van der Waals surface area contributed by atoms with Gasteiger partial charge in [0.1, 0.15) is 11.5 Å². The first-order valence-electron chi connectivity index (χ1n) is 25.9. The van der Waals surface area contributed by atoms with Crippen molar-refractivity contribution in [2.24, 2.45) is 0 Å². The van der Waals surface area contributed by atoms with Crippen molar-refractivity contribution < 1.29 is 4.74 Å². The zero-order valence-electron chi connectivity index (χ0n) is 41.0. The summed E-state index contributed by atoms with van der Waals surface area (Å²) in [6.45, 7) is 29.0. The molecule has 14 rings (SSSR count). The van der Waals surface area contributed by atoms with E-state index in [0.717, 1.165) is 0 Å². The average molecular weight is 847 g/mol. The molecule has 3 heterocycles. The second-order valence-electron chi connectivity index (χ2n) is 23.3. The summed E-state index contributed by atoms with van der Waals surface area (Å²) in [6, 6.07) is 23.2. The molecule has 0 radical (unpaired) electrons. The summed E-state index contributed by atoms with van der Waals surface area (Å²) >= 11 is 0. The zero-order chi connectivity index (χ0) is 44.4. The van der Waals surface area contributed by atoms with Crippen LogP contribution in [0.2, 0.25) is 0 Å². The lowest BCUT2D eigenvalue weighted by Crippen LogP contribution is -2.64. The summed E-state index contributed by atoms with van der Waals surface area (Å²) in [5.41, 5.74) is 27.8. The molecule has 0 amide bonds. The topological polar surface area (TPSA) is 15.7 Å². The molecule has 3 aliphatic heterocycles. The third-order valence-electron chi connectivity index (χ3n) is 17.6. The highest BCUT2D eigenvalue weighted by Crippen LogP contribution is 2.62. The summed E-state index contributed by atoms with van der Waals surface area (Å²) in [5.74, 6) is 7.21. The minimum atomic E-state index is 0.110. The van der Waals surface area contributed by atoms with Crippen molar-refractivity contribution in [2.75, 3.05) is 9.80 Å². The Morgan fingerprint density at radius 3 is 1.09 bits per heavy atom. The molecule has 5 aromatic carbocycles. The molecular weight excluding hydrogens is 775 g/mol. The van der Waals surface area contributed by atoms with Crippen molar-refractivity contribution in [1.29, 1.82) is 0 Å². The Hall–Kier alpha value is -4.44. The van der Waals surface area contributed by atoms with Crippen molar-refractivity contribution in [2.45, 2.75) is 194 Å². The van der Waals surface area contributed by atoms with Gasteiger partial charge in [-0.2, -0.15) is 0 Å². The Bertz CT molecular complexity index is 2530. The fourth-order valence-electron chi connectivity index (χ4n) is 14.3. The number of anilines is 6. The van der Waals surface area contributed by atoms with Gasteiger partial charge in [0, 0.05) is 33.9 Å². The van der Waals surface area contributed by atoms with E-state index >= 15 is 0 Å². The quantitative estimate of drug-likeness (QED) is 0.142. The van der Waals surface area contributed by atoms with Crippen LogP contribution in [0.5, 0.6) is 11.5 Å². The van der Waals surface area contributed by atoms with Crippen LogP contribution in [0.25, 0.3) is 0 Å². The van der Waals surface area contributed by atoms with Gasteiger partial charge in [0.2, 0.25) is 0 Å². The van der Waals surface area contributed by atoms with Crippen LogP contribution in [0.15, 0.2) is 54.6 Å². The minimum absolute atomic E-state index is 0.110. The molecule has 4 heteroatoms. The number of fused-ring (bicyclic) bond motifs is 4. The maximum atomic E-state index is 8.08. The van der Waals surface area contributed by atoms with Gasteiger partial charge in [0.15, 0.2) is 0 Å². The fraction of sp³-hybridized carbons (Fsp3) is 0.500. The van der Waals surface area contributed by atoms with E-state index < -0.39 is 0 Å². The monoisotopic (exact) mass is 847 g/mol. The van der Waals surface area contributed by atoms with Crippen molar-refractivity contribution >= 4 is 57.2 Å². The SMILES string of the molecule is CC(C)c1cc(C(C)C)c(N2c3cccc4c3B3c5c2cc2c(c5Oc5c3c(cc3c5C5CCC3CC5)N4c3c(C(C)C)cc(C(C)C)cc3C(C)C)C3CCC2CC3)c(C(C)C)c1. The molecule has 4 bridgehead atoms. The second-order valence-corrected chi connectivity index (χ2v) is 23.3. The molecular formula is C60H71BN2O. The van der Waals surface area contributed by atoms with Crippen LogP contribution in [0.1, 0.15) is 249 Å². The van der Waals surface area contributed by atoms with E-state index in [1.165, 1.54) is 147 Å². The van der Waals surface area contributed by atoms with Crippen LogP contribution in [0.3, 0.4) is 0 Å². The van der Waals surface area contributed by atoms with Gasteiger partial charge in [-0.1, -0.05) is 113 Å². The van der Waals surface area contributed by atoms with Crippen LogP contribution in [-0.2, 0) is 0 Å². The van der Waals surface area contributed by atoms with Gasteiger partial charge in [0.05, 0.1) is 11.4 Å². The third kappa shape index (κ3) is 5.59. The molecule has 2 saturated carbocycles. The second kappa shape index (κ2) is 14.5. The number of hydrogen-bond donors (Lipinski definition) is 0. The van der Waals surface area contributed by atoms with Crippen LogP contribution >= 0.6 is 0 Å². The normalized spacial score (nSPS) is 21.8. The summed E-state index contributed by atoms with van der Waals surface area (Å²) in [6.07, 6.45) is 10.4. The first-order valence-corrected chi connectivity index (χ1v) is 25.9. The Kier molecular flexibility index (Phi) is 9.32. The van der Waals surface area contributed by atoms with E-state index in [1.807, 2.05) is 0 Å². The zero-order valence-corrected chi connectivity index (χ0v) is 41.0. The molecule has 0 atom stereocenters. The summed E-state index contributed by atoms with van der Waals surface area (Å²) in [5, 5.41) is 0. The van der Waals surface area contributed by atoms with Crippen LogP contribution in [-0.4, -0.2) is 6.71 Å². The number of benzene rings is 5. The maximum Gasteiger partial charge on any atom is 0.261 e. The van der Waals surface area contributed by atoms with E-state index in [1.54, 1.807) is 22.3 Å². The Labute approximate surface area is 385 Å².